The molecule has 0 radical (unpaired) electrons. The molecule has 0 saturated carbocycles. The van der Waals surface area contributed by atoms with Crippen molar-refractivity contribution in [1.29, 1.82) is 0 Å². The number of amides is 1. The molecular weight excluding hydrogens is 268 g/mol. The number of Topliss-reactive ketones (excluding diaryl/α,β-unsaturated/α-hetero) is 1. The number of carbonyl (C=O) groups is 2. The second-order valence-electron chi connectivity index (χ2n) is 4.68. The van der Waals surface area contributed by atoms with Gasteiger partial charge in [0, 0.05) is 37.8 Å². The molecule has 0 aliphatic heterocycles. The van der Waals surface area contributed by atoms with Crippen LogP contribution in [0, 0.1) is 6.92 Å². The molecule has 1 aromatic rings. The molecule has 0 aliphatic carbocycles. The second kappa shape index (κ2) is 8.28. The Balaban J connectivity index is 3.03. The summed E-state index contributed by atoms with van der Waals surface area (Å²) in [5.74, 6) is -0.372. The van der Waals surface area contributed by atoms with Crippen molar-refractivity contribution in [2.24, 2.45) is 16.5 Å². The largest absolute Gasteiger partial charge is 0.340 e. The molecule has 1 amide bonds. The van der Waals surface area contributed by atoms with Crippen LogP contribution in [0.5, 0.6) is 0 Å². The maximum absolute atomic E-state index is 12.3. The van der Waals surface area contributed by atoms with Gasteiger partial charge in [0.05, 0.1) is 12.8 Å². The van der Waals surface area contributed by atoms with Crippen molar-refractivity contribution in [2.45, 2.75) is 6.92 Å². The minimum Gasteiger partial charge on any atom is -0.340 e. The summed E-state index contributed by atoms with van der Waals surface area (Å²) in [7, 11) is 1.69. The fourth-order valence-electron chi connectivity index (χ4n) is 1.93. The number of benzene rings is 1. The molecule has 0 atom stereocenters. The lowest BCUT2D eigenvalue weighted by Gasteiger charge is -2.18. The van der Waals surface area contributed by atoms with E-state index in [1.165, 1.54) is 6.21 Å². The van der Waals surface area contributed by atoms with Gasteiger partial charge in [0.25, 0.3) is 5.91 Å². The molecule has 6 heteroatoms. The topological polar surface area (TPSA) is 102 Å². The highest BCUT2D eigenvalue weighted by Crippen LogP contribution is 2.15. The third-order valence-electron chi connectivity index (χ3n) is 3.11. The monoisotopic (exact) mass is 290 g/mol. The van der Waals surface area contributed by atoms with E-state index < -0.39 is 0 Å². The Hall–Kier alpha value is -2.05. The van der Waals surface area contributed by atoms with Crippen LogP contribution in [0.1, 0.15) is 26.3 Å². The number of likely N-dealkylation sites (N-methyl/N-ethyl adjacent to an activating group) is 1. The molecule has 4 N–H and O–H groups in total. The van der Waals surface area contributed by atoms with Gasteiger partial charge in [0.2, 0.25) is 5.78 Å². The van der Waals surface area contributed by atoms with Crippen LogP contribution in [0.25, 0.3) is 0 Å². The van der Waals surface area contributed by atoms with Crippen molar-refractivity contribution in [3.05, 3.63) is 34.9 Å². The fraction of sp³-hybridized carbons (Fsp3) is 0.400. The molecule has 21 heavy (non-hydrogen) atoms. The van der Waals surface area contributed by atoms with Crippen LogP contribution in [-0.2, 0) is 0 Å². The minimum absolute atomic E-state index is 0.147. The summed E-state index contributed by atoms with van der Waals surface area (Å²) in [6, 6.07) is 5.09. The SMILES string of the molecule is Cc1c(C(=O)C=NCCN)cccc1C(=O)N(C)CCN. The Morgan fingerprint density at radius 1 is 1.24 bits per heavy atom. The normalized spacial score (nSPS) is 10.9. The van der Waals surface area contributed by atoms with Gasteiger partial charge in [0.1, 0.15) is 0 Å². The Morgan fingerprint density at radius 2 is 1.90 bits per heavy atom. The Bertz CT molecular complexity index is 540. The van der Waals surface area contributed by atoms with Gasteiger partial charge >= 0.3 is 0 Å². The summed E-state index contributed by atoms with van der Waals surface area (Å²) in [6.45, 7) is 3.42. The number of ketones is 1. The molecule has 1 rings (SSSR count). The summed E-state index contributed by atoms with van der Waals surface area (Å²) >= 11 is 0. The number of carbonyl (C=O) groups excluding carboxylic acids is 2. The van der Waals surface area contributed by atoms with E-state index in [4.69, 9.17) is 11.5 Å². The number of nitrogens with zero attached hydrogens (tertiary/aromatic N) is 2. The van der Waals surface area contributed by atoms with E-state index in [2.05, 4.69) is 4.99 Å². The molecule has 0 unspecified atom stereocenters. The molecule has 0 aromatic heterocycles. The van der Waals surface area contributed by atoms with Crippen molar-refractivity contribution in [2.75, 3.05) is 33.2 Å². The van der Waals surface area contributed by atoms with Gasteiger partial charge < -0.3 is 16.4 Å². The third-order valence-corrected chi connectivity index (χ3v) is 3.11. The summed E-state index contributed by atoms with van der Waals surface area (Å²) in [5.41, 5.74) is 12.4. The quantitative estimate of drug-likeness (QED) is 0.554. The van der Waals surface area contributed by atoms with E-state index in [0.29, 0.717) is 42.9 Å². The number of nitrogens with two attached hydrogens (primary N) is 2. The molecule has 0 bridgehead atoms. The summed E-state index contributed by atoms with van der Waals surface area (Å²) in [5, 5.41) is 0. The zero-order valence-corrected chi connectivity index (χ0v) is 12.5. The maximum atomic E-state index is 12.3. The molecule has 0 aliphatic rings. The lowest BCUT2D eigenvalue weighted by atomic mass is 9.99. The Labute approximate surface area is 124 Å². The van der Waals surface area contributed by atoms with Crippen LogP contribution >= 0.6 is 0 Å². The lowest BCUT2D eigenvalue weighted by Crippen LogP contribution is -2.32. The smallest absolute Gasteiger partial charge is 0.253 e. The van der Waals surface area contributed by atoms with Crippen LogP contribution in [0.4, 0.5) is 0 Å². The van der Waals surface area contributed by atoms with Crippen LogP contribution < -0.4 is 11.5 Å². The van der Waals surface area contributed by atoms with E-state index >= 15 is 0 Å². The first kappa shape index (κ1) is 17.0. The number of hydrogen-bond acceptors (Lipinski definition) is 5. The maximum Gasteiger partial charge on any atom is 0.253 e. The molecule has 0 spiro atoms. The number of aliphatic imine (C=N–C) groups is 1. The minimum atomic E-state index is -0.225. The van der Waals surface area contributed by atoms with Gasteiger partial charge in [0.15, 0.2) is 0 Å². The molecular formula is C15H22N4O2. The van der Waals surface area contributed by atoms with Crippen molar-refractivity contribution < 1.29 is 9.59 Å². The summed E-state index contributed by atoms with van der Waals surface area (Å²) < 4.78 is 0. The van der Waals surface area contributed by atoms with E-state index in [1.54, 1.807) is 37.1 Å². The van der Waals surface area contributed by atoms with Crippen molar-refractivity contribution >= 4 is 17.9 Å². The van der Waals surface area contributed by atoms with Crippen molar-refractivity contribution in [1.82, 2.24) is 4.90 Å². The predicted molar refractivity (Wildman–Crippen MR) is 83.9 cm³/mol. The average molecular weight is 290 g/mol. The van der Waals surface area contributed by atoms with Gasteiger partial charge in [-0.3, -0.25) is 14.6 Å². The number of rotatable bonds is 7. The van der Waals surface area contributed by atoms with Crippen LogP contribution in [0.15, 0.2) is 23.2 Å². The van der Waals surface area contributed by atoms with Crippen LogP contribution in [-0.4, -0.2) is 56.0 Å². The van der Waals surface area contributed by atoms with Gasteiger partial charge in [-0.05, 0) is 18.6 Å². The van der Waals surface area contributed by atoms with E-state index in [1.807, 2.05) is 0 Å². The van der Waals surface area contributed by atoms with E-state index in [9.17, 15) is 9.59 Å². The van der Waals surface area contributed by atoms with Gasteiger partial charge in [-0.1, -0.05) is 12.1 Å². The first-order valence-corrected chi connectivity index (χ1v) is 6.82. The first-order valence-electron chi connectivity index (χ1n) is 6.82. The highest BCUT2D eigenvalue weighted by atomic mass is 16.2. The average Bonchev–Trinajstić information content (AvgIpc) is 2.47. The molecule has 6 nitrogen and oxygen atoms in total. The predicted octanol–water partition coefficient (Wildman–Crippen LogP) is 0.238. The zero-order valence-electron chi connectivity index (χ0n) is 12.5. The van der Waals surface area contributed by atoms with Gasteiger partial charge in [-0.2, -0.15) is 0 Å². The van der Waals surface area contributed by atoms with Gasteiger partial charge in [-0.15, -0.1) is 0 Å². The number of hydrogen-bond donors (Lipinski definition) is 2. The highest BCUT2D eigenvalue weighted by molar-refractivity contribution is 6.36. The van der Waals surface area contributed by atoms with Crippen molar-refractivity contribution in [3.63, 3.8) is 0 Å². The zero-order chi connectivity index (χ0) is 15.8. The third kappa shape index (κ3) is 4.47. The highest BCUT2D eigenvalue weighted by Gasteiger charge is 2.17. The van der Waals surface area contributed by atoms with Crippen molar-refractivity contribution in [3.8, 4) is 0 Å². The Morgan fingerprint density at radius 3 is 2.52 bits per heavy atom. The fourth-order valence-corrected chi connectivity index (χ4v) is 1.93. The Kier molecular flexibility index (Phi) is 6.71. The molecule has 114 valence electrons. The lowest BCUT2D eigenvalue weighted by molar-refractivity contribution is 0.0798. The molecule has 0 heterocycles. The summed E-state index contributed by atoms with van der Waals surface area (Å²) in [6.07, 6.45) is 1.26. The van der Waals surface area contributed by atoms with Crippen LogP contribution in [0.3, 0.4) is 0 Å². The summed E-state index contributed by atoms with van der Waals surface area (Å²) in [4.78, 5) is 29.9. The van der Waals surface area contributed by atoms with Crippen LogP contribution in [0.2, 0.25) is 0 Å². The molecule has 1 aromatic carbocycles. The standard InChI is InChI=1S/C15H22N4O2/c1-11-12(14(20)10-18-8-6-16)4-3-5-13(11)15(21)19(2)9-7-17/h3-5,10H,6-9,16-17H2,1-2H3. The molecule has 0 fully saturated rings. The molecule has 0 saturated heterocycles. The van der Waals surface area contributed by atoms with Gasteiger partial charge in [-0.25, -0.2) is 0 Å². The first-order chi connectivity index (χ1) is 10.0. The van der Waals surface area contributed by atoms with E-state index in [0.717, 1.165) is 0 Å². The van der Waals surface area contributed by atoms with E-state index in [-0.39, 0.29) is 11.7 Å². The second-order valence-corrected chi connectivity index (χ2v) is 4.68.